The van der Waals surface area contributed by atoms with Gasteiger partial charge in [-0.1, -0.05) is 0 Å². The van der Waals surface area contributed by atoms with Crippen molar-refractivity contribution >= 4 is 5.82 Å². The average molecular weight is 181 g/mol. The predicted molar refractivity (Wildman–Crippen MR) is 50.6 cm³/mol. The molecule has 1 aliphatic rings. The zero-order chi connectivity index (χ0) is 9.26. The summed E-state index contributed by atoms with van der Waals surface area (Å²) >= 11 is 0. The summed E-state index contributed by atoms with van der Waals surface area (Å²) in [5.41, 5.74) is 0. The molecule has 0 radical (unpaired) electrons. The van der Waals surface area contributed by atoms with Gasteiger partial charge in [0.2, 0.25) is 0 Å². The number of nitrogens with zero attached hydrogens (tertiary/aromatic N) is 2. The van der Waals surface area contributed by atoms with Gasteiger partial charge in [0.05, 0.1) is 12.1 Å². The molecule has 1 fully saturated rings. The standard InChI is InChI=1S/C9H15N3O/c1-7-8(4-6-13-7)10-9-3-5-12(2)11-9/h3,5,7-8H,4,6H2,1-2H3,(H,10,11)/t7-,8+/m1/s1. The molecule has 0 aliphatic carbocycles. The third-order valence-electron chi connectivity index (χ3n) is 2.42. The van der Waals surface area contributed by atoms with Gasteiger partial charge in [-0.15, -0.1) is 0 Å². The van der Waals surface area contributed by atoms with Crippen molar-refractivity contribution in [3.05, 3.63) is 12.3 Å². The molecule has 2 atom stereocenters. The van der Waals surface area contributed by atoms with Gasteiger partial charge >= 0.3 is 0 Å². The third kappa shape index (κ3) is 1.83. The van der Waals surface area contributed by atoms with Gasteiger partial charge in [-0.05, 0) is 13.3 Å². The van der Waals surface area contributed by atoms with Crippen LogP contribution in [0.1, 0.15) is 13.3 Å². The molecule has 1 aliphatic heterocycles. The molecule has 0 amide bonds. The van der Waals surface area contributed by atoms with Crippen LogP contribution in [0.3, 0.4) is 0 Å². The summed E-state index contributed by atoms with van der Waals surface area (Å²) in [6.07, 6.45) is 3.29. The van der Waals surface area contributed by atoms with Crippen LogP contribution in [0.2, 0.25) is 0 Å². The summed E-state index contributed by atoms with van der Waals surface area (Å²) in [5.74, 6) is 0.935. The van der Waals surface area contributed by atoms with Gasteiger partial charge in [-0.25, -0.2) is 0 Å². The van der Waals surface area contributed by atoms with E-state index >= 15 is 0 Å². The second-order valence-corrected chi connectivity index (χ2v) is 3.49. The molecule has 1 aromatic heterocycles. The van der Waals surface area contributed by atoms with E-state index in [4.69, 9.17) is 4.74 Å². The summed E-state index contributed by atoms with van der Waals surface area (Å²) in [6, 6.07) is 2.39. The summed E-state index contributed by atoms with van der Waals surface area (Å²) < 4.78 is 7.24. The molecule has 1 N–H and O–H groups in total. The molecule has 0 spiro atoms. The highest BCUT2D eigenvalue weighted by Gasteiger charge is 2.24. The molecule has 0 aromatic carbocycles. The van der Waals surface area contributed by atoms with Crippen LogP contribution in [-0.2, 0) is 11.8 Å². The van der Waals surface area contributed by atoms with Crippen molar-refractivity contribution in [1.82, 2.24) is 9.78 Å². The first kappa shape index (κ1) is 8.56. The molecular weight excluding hydrogens is 166 g/mol. The maximum absolute atomic E-state index is 5.45. The summed E-state index contributed by atoms with van der Waals surface area (Å²) in [5, 5.41) is 7.61. The Hall–Kier alpha value is -1.03. The van der Waals surface area contributed by atoms with E-state index in [1.54, 1.807) is 4.68 Å². The zero-order valence-corrected chi connectivity index (χ0v) is 8.03. The quantitative estimate of drug-likeness (QED) is 0.740. The van der Waals surface area contributed by atoms with Gasteiger partial charge in [0, 0.05) is 25.9 Å². The lowest BCUT2D eigenvalue weighted by Crippen LogP contribution is -2.26. The van der Waals surface area contributed by atoms with Crippen molar-refractivity contribution in [2.75, 3.05) is 11.9 Å². The third-order valence-corrected chi connectivity index (χ3v) is 2.42. The monoisotopic (exact) mass is 181 g/mol. The number of hydrogen-bond acceptors (Lipinski definition) is 3. The van der Waals surface area contributed by atoms with E-state index in [9.17, 15) is 0 Å². The Bertz CT molecular complexity index is 284. The molecule has 1 aromatic rings. The number of rotatable bonds is 2. The van der Waals surface area contributed by atoms with Crippen molar-refractivity contribution in [2.45, 2.75) is 25.5 Å². The van der Waals surface area contributed by atoms with Gasteiger partial charge in [0.1, 0.15) is 5.82 Å². The number of aromatic nitrogens is 2. The highest BCUT2D eigenvalue weighted by molar-refractivity contribution is 5.34. The summed E-state index contributed by atoms with van der Waals surface area (Å²) in [6.45, 7) is 2.94. The van der Waals surface area contributed by atoms with Crippen molar-refractivity contribution in [1.29, 1.82) is 0 Å². The van der Waals surface area contributed by atoms with E-state index in [1.165, 1.54) is 0 Å². The lowest BCUT2D eigenvalue weighted by molar-refractivity contribution is 0.121. The molecule has 2 heterocycles. The topological polar surface area (TPSA) is 39.1 Å². The molecule has 2 rings (SSSR count). The van der Waals surface area contributed by atoms with Crippen molar-refractivity contribution < 1.29 is 4.74 Å². The highest BCUT2D eigenvalue weighted by Crippen LogP contribution is 2.17. The minimum Gasteiger partial charge on any atom is -0.376 e. The largest absolute Gasteiger partial charge is 0.376 e. The Kier molecular flexibility index (Phi) is 2.22. The van der Waals surface area contributed by atoms with Crippen LogP contribution in [0, 0.1) is 0 Å². The first-order chi connectivity index (χ1) is 6.25. The van der Waals surface area contributed by atoms with E-state index in [-0.39, 0.29) is 0 Å². The highest BCUT2D eigenvalue weighted by atomic mass is 16.5. The first-order valence-electron chi connectivity index (χ1n) is 4.63. The Morgan fingerprint density at radius 2 is 2.54 bits per heavy atom. The zero-order valence-electron chi connectivity index (χ0n) is 8.03. The molecule has 0 unspecified atom stereocenters. The van der Waals surface area contributed by atoms with Crippen molar-refractivity contribution in [3.63, 3.8) is 0 Å². The van der Waals surface area contributed by atoms with Crippen molar-refractivity contribution in [2.24, 2.45) is 7.05 Å². The summed E-state index contributed by atoms with van der Waals surface area (Å²) in [7, 11) is 1.92. The number of anilines is 1. The van der Waals surface area contributed by atoms with Crippen LogP contribution in [0.15, 0.2) is 12.3 Å². The fourth-order valence-electron chi connectivity index (χ4n) is 1.60. The maximum atomic E-state index is 5.45. The van der Waals surface area contributed by atoms with E-state index in [1.807, 2.05) is 19.3 Å². The van der Waals surface area contributed by atoms with Gasteiger partial charge in [-0.3, -0.25) is 4.68 Å². The fraction of sp³-hybridized carbons (Fsp3) is 0.667. The van der Waals surface area contributed by atoms with Crippen molar-refractivity contribution in [3.8, 4) is 0 Å². The lowest BCUT2D eigenvalue weighted by Gasteiger charge is -2.14. The number of aryl methyl sites for hydroxylation is 1. The molecule has 4 nitrogen and oxygen atoms in total. The van der Waals surface area contributed by atoms with E-state index in [2.05, 4.69) is 17.3 Å². The Morgan fingerprint density at radius 3 is 3.08 bits per heavy atom. The normalized spacial score (nSPS) is 27.8. The minimum atomic E-state index is 0.294. The van der Waals surface area contributed by atoms with Gasteiger partial charge in [0.25, 0.3) is 0 Å². The Morgan fingerprint density at radius 1 is 1.69 bits per heavy atom. The van der Waals surface area contributed by atoms with E-state index in [0.717, 1.165) is 18.8 Å². The number of nitrogens with one attached hydrogen (secondary N) is 1. The maximum Gasteiger partial charge on any atom is 0.148 e. The SMILES string of the molecule is C[C@H]1OCC[C@@H]1Nc1ccn(C)n1. The molecule has 4 heteroatoms. The first-order valence-corrected chi connectivity index (χ1v) is 4.63. The second-order valence-electron chi connectivity index (χ2n) is 3.49. The molecule has 72 valence electrons. The summed E-state index contributed by atoms with van der Waals surface area (Å²) in [4.78, 5) is 0. The molecular formula is C9H15N3O. The van der Waals surface area contributed by atoms with Gasteiger partial charge in [-0.2, -0.15) is 5.10 Å². The second kappa shape index (κ2) is 3.38. The van der Waals surface area contributed by atoms with Crippen LogP contribution in [0.5, 0.6) is 0 Å². The lowest BCUT2D eigenvalue weighted by atomic mass is 10.1. The number of ether oxygens (including phenoxy) is 1. The van der Waals surface area contributed by atoms with E-state index in [0.29, 0.717) is 12.1 Å². The Balaban J connectivity index is 1.97. The smallest absolute Gasteiger partial charge is 0.148 e. The number of hydrogen-bond donors (Lipinski definition) is 1. The molecule has 13 heavy (non-hydrogen) atoms. The average Bonchev–Trinajstić information content (AvgIpc) is 2.64. The molecule has 1 saturated heterocycles. The van der Waals surface area contributed by atoms with Gasteiger partial charge in [0.15, 0.2) is 0 Å². The van der Waals surface area contributed by atoms with E-state index < -0.39 is 0 Å². The van der Waals surface area contributed by atoms with Crippen LogP contribution >= 0.6 is 0 Å². The van der Waals surface area contributed by atoms with Crippen LogP contribution in [-0.4, -0.2) is 28.5 Å². The minimum absolute atomic E-state index is 0.294. The van der Waals surface area contributed by atoms with Crippen LogP contribution in [0.25, 0.3) is 0 Å². The van der Waals surface area contributed by atoms with Crippen LogP contribution < -0.4 is 5.32 Å². The predicted octanol–water partition coefficient (Wildman–Crippen LogP) is 1.01. The molecule has 0 bridgehead atoms. The van der Waals surface area contributed by atoms with Gasteiger partial charge < -0.3 is 10.1 Å². The van der Waals surface area contributed by atoms with Crippen LogP contribution in [0.4, 0.5) is 5.82 Å². The fourth-order valence-corrected chi connectivity index (χ4v) is 1.60. The molecule has 0 saturated carbocycles. The Labute approximate surface area is 77.9 Å².